The van der Waals surface area contributed by atoms with Gasteiger partial charge in [-0.05, 0) is 37.3 Å². The largest absolute Gasteiger partial charge is 0.467 e. The summed E-state index contributed by atoms with van der Waals surface area (Å²) in [5.74, 6) is -1.69. The van der Waals surface area contributed by atoms with Gasteiger partial charge in [-0.3, -0.25) is 9.59 Å². The molecule has 1 aliphatic heterocycles. The highest BCUT2D eigenvalue weighted by atomic mass is 19.1. The number of amides is 2. The minimum Gasteiger partial charge on any atom is -0.467 e. The molecule has 0 radical (unpaired) electrons. The van der Waals surface area contributed by atoms with Crippen LogP contribution in [-0.2, 0) is 21.0 Å². The lowest BCUT2D eigenvalue weighted by Gasteiger charge is -2.15. The fourth-order valence-corrected chi connectivity index (χ4v) is 2.51. The maximum Gasteiger partial charge on any atom is 0.264 e. The Balaban J connectivity index is 1.51. The maximum absolute atomic E-state index is 13.8. The molecule has 1 aromatic carbocycles. The van der Waals surface area contributed by atoms with Gasteiger partial charge >= 0.3 is 0 Å². The van der Waals surface area contributed by atoms with Crippen LogP contribution in [0.5, 0.6) is 0 Å². The topological polar surface area (TPSA) is 92.9 Å². The molecule has 7 nitrogen and oxygen atoms in total. The summed E-state index contributed by atoms with van der Waals surface area (Å²) in [6.07, 6.45) is 0.429. The Morgan fingerprint density at radius 3 is 2.89 bits per heavy atom. The summed E-state index contributed by atoms with van der Waals surface area (Å²) in [7, 11) is 0. The molecule has 2 N–H and O–H groups in total. The highest BCUT2D eigenvalue weighted by Gasteiger charge is 2.31. The fourth-order valence-electron chi connectivity index (χ4n) is 2.51. The first-order valence-electron chi connectivity index (χ1n) is 8.22. The normalized spacial score (nSPS) is 17.0. The van der Waals surface area contributed by atoms with Crippen LogP contribution in [0, 0.1) is 11.6 Å². The van der Waals surface area contributed by atoms with Crippen molar-refractivity contribution >= 4 is 17.5 Å². The summed E-state index contributed by atoms with van der Waals surface area (Å²) in [5, 5.41) is 8.79. The molecule has 2 unspecified atom stereocenters. The molecule has 1 aromatic heterocycles. The van der Waals surface area contributed by atoms with Crippen LogP contribution >= 0.6 is 0 Å². The number of nitrogens with zero attached hydrogens (tertiary/aromatic N) is 1. The van der Waals surface area contributed by atoms with Gasteiger partial charge in [-0.1, -0.05) is 5.16 Å². The first kappa shape index (κ1) is 18.6. The Bertz CT molecular complexity index is 867. The van der Waals surface area contributed by atoms with E-state index in [-0.39, 0.29) is 24.2 Å². The van der Waals surface area contributed by atoms with Gasteiger partial charge in [0.2, 0.25) is 12.0 Å². The quantitative estimate of drug-likeness (QED) is 0.804. The molecule has 0 saturated heterocycles. The molecule has 2 amide bonds. The van der Waals surface area contributed by atoms with E-state index in [1.165, 1.54) is 13.2 Å². The van der Waals surface area contributed by atoms with Gasteiger partial charge < -0.3 is 19.9 Å². The molecule has 0 aliphatic carbocycles. The molecule has 2 aromatic rings. The van der Waals surface area contributed by atoms with Crippen molar-refractivity contribution in [2.75, 3.05) is 0 Å². The van der Waals surface area contributed by atoms with Crippen LogP contribution in [0.15, 0.2) is 46.2 Å². The van der Waals surface area contributed by atoms with E-state index in [4.69, 9.17) is 9.25 Å². The van der Waals surface area contributed by atoms with Crippen molar-refractivity contribution < 1.29 is 27.6 Å². The van der Waals surface area contributed by atoms with Gasteiger partial charge in [0.25, 0.3) is 5.91 Å². The molecule has 0 fully saturated rings. The summed E-state index contributed by atoms with van der Waals surface area (Å²) in [5.41, 5.74) is 0.0663. The summed E-state index contributed by atoms with van der Waals surface area (Å²) >= 11 is 0. The molecular formula is C18H17F2N3O4. The van der Waals surface area contributed by atoms with Gasteiger partial charge in [-0.15, -0.1) is 0 Å². The highest BCUT2D eigenvalue weighted by Crippen LogP contribution is 2.20. The summed E-state index contributed by atoms with van der Waals surface area (Å²) < 4.78 is 32.2. The van der Waals surface area contributed by atoms with Crippen molar-refractivity contribution in [3.63, 3.8) is 0 Å². The van der Waals surface area contributed by atoms with Crippen LogP contribution in [-0.4, -0.2) is 29.7 Å². The van der Waals surface area contributed by atoms with Gasteiger partial charge in [-0.2, -0.15) is 0 Å². The average Bonchev–Trinajstić information content (AvgIpc) is 3.33. The molecular weight excluding hydrogens is 360 g/mol. The van der Waals surface area contributed by atoms with Gasteiger partial charge in [0.1, 0.15) is 23.4 Å². The second kappa shape index (κ2) is 7.98. The molecule has 3 rings (SSSR count). The number of nitrogens with one attached hydrogen (secondary N) is 2. The number of furan rings is 1. The molecule has 0 saturated carbocycles. The van der Waals surface area contributed by atoms with Crippen molar-refractivity contribution in [1.29, 1.82) is 0 Å². The Kier molecular flexibility index (Phi) is 5.49. The third-order valence-electron chi connectivity index (χ3n) is 3.97. The first-order valence-corrected chi connectivity index (χ1v) is 8.22. The zero-order valence-corrected chi connectivity index (χ0v) is 14.4. The standard InChI is InChI=1S/C18H17F2N3O4/c1-10(17(24)21-9-12-3-2-6-26-12)22-18(25)16-8-15(23-27-16)13-7-11(19)4-5-14(13)20/h2-7,10,16H,8-9H2,1H3,(H,21,24)(H,22,25). The number of carbonyl (C=O) groups excluding carboxylic acids is 2. The smallest absolute Gasteiger partial charge is 0.264 e. The number of oxime groups is 1. The third-order valence-corrected chi connectivity index (χ3v) is 3.97. The number of hydrogen-bond donors (Lipinski definition) is 2. The third kappa shape index (κ3) is 4.49. The molecule has 27 heavy (non-hydrogen) atoms. The number of rotatable bonds is 6. The summed E-state index contributed by atoms with van der Waals surface area (Å²) in [4.78, 5) is 29.3. The van der Waals surface area contributed by atoms with Crippen LogP contribution in [0.3, 0.4) is 0 Å². The van der Waals surface area contributed by atoms with Gasteiger partial charge in [0.15, 0.2) is 0 Å². The van der Waals surface area contributed by atoms with Crippen molar-refractivity contribution in [1.82, 2.24) is 10.6 Å². The zero-order valence-electron chi connectivity index (χ0n) is 14.4. The number of carbonyl (C=O) groups is 2. The van der Waals surface area contributed by atoms with E-state index in [1.54, 1.807) is 12.1 Å². The molecule has 0 bridgehead atoms. The Labute approximate surface area is 153 Å². The van der Waals surface area contributed by atoms with E-state index in [2.05, 4.69) is 15.8 Å². The SMILES string of the molecule is CC(NC(=O)C1CC(c2cc(F)ccc2F)=NO1)C(=O)NCc1ccco1. The molecule has 9 heteroatoms. The molecule has 142 valence electrons. The maximum atomic E-state index is 13.8. The highest BCUT2D eigenvalue weighted by molar-refractivity contribution is 6.04. The van der Waals surface area contributed by atoms with Gasteiger partial charge in [0.05, 0.1) is 18.5 Å². The molecule has 1 aliphatic rings. The minimum absolute atomic E-state index is 0.0348. The van der Waals surface area contributed by atoms with Crippen molar-refractivity contribution in [3.05, 3.63) is 59.6 Å². The monoisotopic (exact) mass is 377 g/mol. The number of benzene rings is 1. The van der Waals surface area contributed by atoms with Crippen LogP contribution in [0.4, 0.5) is 8.78 Å². The predicted molar refractivity (Wildman–Crippen MR) is 90.5 cm³/mol. The van der Waals surface area contributed by atoms with Gasteiger partial charge in [-0.25, -0.2) is 8.78 Å². The van der Waals surface area contributed by atoms with E-state index in [9.17, 15) is 18.4 Å². The van der Waals surface area contributed by atoms with Crippen molar-refractivity contribution in [3.8, 4) is 0 Å². The molecule has 2 heterocycles. The van der Waals surface area contributed by atoms with Gasteiger partial charge in [0, 0.05) is 12.0 Å². The second-order valence-electron chi connectivity index (χ2n) is 5.99. The van der Waals surface area contributed by atoms with Crippen molar-refractivity contribution in [2.24, 2.45) is 5.16 Å². The number of halogens is 2. The Hall–Kier alpha value is -3.23. The molecule has 0 spiro atoms. The van der Waals surface area contributed by atoms with E-state index in [0.29, 0.717) is 5.76 Å². The lowest BCUT2D eigenvalue weighted by Crippen LogP contribution is -2.47. The second-order valence-corrected chi connectivity index (χ2v) is 5.99. The zero-order chi connectivity index (χ0) is 19.4. The van der Waals surface area contributed by atoms with Crippen LogP contribution < -0.4 is 10.6 Å². The van der Waals surface area contributed by atoms with E-state index < -0.39 is 35.6 Å². The summed E-state index contributed by atoms with van der Waals surface area (Å²) in [6, 6.07) is 5.53. The van der Waals surface area contributed by atoms with E-state index in [0.717, 1.165) is 18.2 Å². The van der Waals surface area contributed by atoms with Crippen LogP contribution in [0.2, 0.25) is 0 Å². The van der Waals surface area contributed by atoms with Crippen LogP contribution in [0.25, 0.3) is 0 Å². The minimum atomic E-state index is -1.03. The van der Waals surface area contributed by atoms with E-state index >= 15 is 0 Å². The lowest BCUT2D eigenvalue weighted by molar-refractivity contribution is -0.135. The molecule has 2 atom stereocenters. The van der Waals surface area contributed by atoms with Crippen LogP contribution in [0.1, 0.15) is 24.7 Å². The van der Waals surface area contributed by atoms with Crippen molar-refractivity contribution in [2.45, 2.75) is 32.0 Å². The van der Waals surface area contributed by atoms with E-state index in [1.807, 2.05) is 0 Å². The predicted octanol–water partition coefficient (Wildman–Crippen LogP) is 1.87. The number of hydrogen-bond acceptors (Lipinski definition) is 5. The lowest BCUT2D eigenvalue weighted by atomic mass is 10.0. The fraction of sp³-hybridized carbons (Fsp3) is 0.278. The summed E-state index contributed by atoms with van der Waals surface area (Å²) in [6.45, 7) is 1.70. The Morgan fingerprint density at radius 2 is 2.15 bits per heavy atom. The Morgan fingerprint density at radius 1 is 1.33 bits per heavy atom. The average molecular weight is 377 g/mol. The first-order chi connectivity index (χ1) is 12.9.